The van der Waals surface area contributed by atoms with Gasteiger partial charge in [-0.05, 0) is 54.7 Å². The minimum atomic E-state index is 0.0513. The van der Waals surface area contributed by atoms with Crippen LogP contribution in [0.1, 0.15) is 47.1 Å². The Labute approximate surface area is 199 Å². The maximum absolute atomic E-state index is 13.8. The Hall–Kier alpha value is -3.45. The third-order valence-electron chi connectivity index (χ3n) is 6.61. The van der Waals surface area contributed by atoms with Crippen molar-refractivity contribution >= 4 is 34.4 Å². The lowest BCUT2D eigenvalue weighted by molar-refractivity contribution is -0.122. The van der Waals surface area contributed by atoms with Crippen molar-refractivity contribution in [1.82, 2.24) is 20.1 Å². The van der Waals surface area contributed by atoms with Gasteiger partial charge < -0.3 is 14.6 Å². The van der Waals surface area contributed by atoms with Gasteiger partial charge in [0.05, 0.1) is 29.6 Å². The second kappa shape index (κ2) is 9.81. The van der Waals surface area contributed by atoms with Gasteiger partial charge in [-0.3, -0.25) is 14.5 Å². The van der Waals surface area contributed by atoms with Crippen LogP contribution in [0.5, 0.6) is 0 Å². The normalized spacial score (nSPS) is 17.3. The highest BCUT2D eigenvalue weighted by Crippen LogP contribution is 2.38. The highest BCUT2D eigenvalue weighted by molar-refractivity contribution is 6.09. The number of hydrogen-bond donors (Lipinski definition) is 1. The Bertz CT molecular complexity index is 1220. The van der Waals surface area contributed by atoms with Gasteiger partial charge in [0.2, 0.25) is 5.91 Å². The number of piperazine rings is 1. The molecular formula is C27H30N4O3. The number of carbonyl (C=O) groups excluding carboxylic acids is 2. The van der Waals surface area contributed by atoms with Gasteiger partial charge in [0.1, 0.15) is 5.76 Å². The van der Waals surface area contributed by atoms with Crippen molar-refractivity contribution in [1.29, 1.82) is 0 Å². The Morgan fingerprint density at radius 2 is 1.91 bits per heavy atom. The summed E-state index contributed by atoms with van der Waals surface area (Å²) in [4.78, 5) is 34.9. The van der Waals surface area contributed by atoms with Crippen LogP contribution in [0, 0.1) is 0 Å². The molecule has 176 valence electrons. The minimum absolute atomic E-state index is 0.0513. The first-order valence-electron chi connectivity index (χ1n) is 12.1. The van der Waals surface area contributed by atoms with Gasteiger partial charge in [-0.15, -0.1) is 0 Å². The van der Waals surface area contributed by atoms with Gasteiger partial charge in [0.15, 0.2) is 0 Å². The summed E-state index contributed by atoms with van der Waals surface area (Å²) in [5.41, 5.74) is 4.65. The number of carbonyl (C=O) groups is 2. The lowest BCUT2D eigenvalue weighted by Gasteiger charge is -2.34. The fourth-order valence-corrected chi connectivity index (χ4v) is 4.86. The number of pyridine rings is 1. The molecule has 0 saturated carbocycles. The minimum Gasteiger partial charge on any atom is -0.465 e. The number of rotatable bonds is 6. The van der Waals surface area contributed by atoms with Gasteiger partial charge in [-0.2, -0.15) is 0 Å². The van der Waals surface area contributed by atoms with E-state index in [4.69, 9.17) is 9.40 Å². The van der Waals surface area contributed by atoms with Crippen molar-refractivity contribution in [2.75, 3.05) is 39.3 Å². The lowest BCUT2D eigenvalue weighted by Crippen LogP contribution is -2.51. The summed E-state index contributed by atoms with van der Waals surface area (Å²) in [6.45, 7) is 5.74. The van der Waals surface area contributed by atoms with E-state index in [1.807, 2.05) is 54.3 Å². The van der Waals surface area contributed by atoms with Crippen molar-refractivity contribution in [2.45, 2.75) is 26.2 Å². The van der Waals surface area contributed by atoms with Crippen LogP contribution in [0.2, 0.25) is 0 Å². The molecule has 1 aromatic carbocycles. The number of allylic oxidation sites excluding steroid dienone is 1. The molecule has 0 bridgehead atoms. The van der Waals surface area contributed by atoms with E-state index in [-0.39, 0.29) is 11.8 Å². The number of furan rings is 1. The third kappa shape index (κ3) is 4.48. The molecule has 1 saturated heterocycles. The predicted octanol–water partition coefficient (Wildman–Crippen LogP) is 3.60. The molecule has 1 aliphatic carbocycles. The number of benzene rings is 1. The SMILES string of the molecule is CCCNC(=O)CN1CCN(C(=O)c2c3c(nc4ccccc24)C(=Cc2ccco2)CC3)CC1. The summed E-state index contributed by atoms with van der Waals surface area (Å²) in [6.07, 6.45) is 6.25. The molecule has 1 fully saturated rings. The van der Waals surface area contributed by atoms with Crippen LogP contribution in [0.15, 0.2) is 47.1 Å². The third-order valence-corrected chi connectivity index (χ3v) is 6.61. The molecule has 2 amide bonds. The van der Waals surface area contributed by atoms with E-state index in [2.05, 4.69) is 10.2 Å². The molecule has 3 heterocycles. The first-order valence-corrected chi connectivity index (χ1v) is 12.1. The van der Waals surface area contributed by atoms with E-state index in [9.17, 15) is 9.59 Å². The number of aromatic nitrogens is 1. The Morgan fingerprint density at radius 1 is 1.09 bits per heavy atom. The molecule has 2 aromatic heterocycles. The lowest BCUT2D eigenvalue weighted by atomic mass is 9.99. The van der Waals surface area contributed by atoms with Crippen LogP contribution in [0.25, 0.3) is 22.6 Å². The second-order valence-corrected chi connectivity index (χ2v) is 8.93. The smallest absolute Gasteiger partial charge is 0.254 e. The number of nitrogens with one attached hydrogen (secondary N) is 1. The maximum Gasteiger partial charge on any atom is 0.254 e. The van der Waals surface area contributed by atoms with Crippen LogP contribution >= 0.6 is 0 Å². The molecular weight excluding hydrogens is 428 g/mol. The monoisotopic (exact) mass is 458 g/mol. The average molecular weight is 459 g/mol. The molecule has 2 aliphatic rings. The highest BCUT2D eigenvalue weighted by Gasteiger charge is 2.31. The molecule has 0 unspecified atom stereocenters. The molecule has 0 radical (unpaired) electrons. The van der Waals surface area contributed by atoms with Crippen LogP contribution in [-0.4, -0.2) is 65.9 Å². The summed E-state index contributed by atoms with van der Waals surface area (Å²) >= 11 is 0. The zero-order valence-corrected chi connectivity index (χ0v) is 19.5. The maximum atomic E-state index is 13.8. The van der Waals surface area contributed by atoms with E-state index in [0.29, 0.717) is 39.3 Å². The van der Waals surface area contributed by atoms with Crippen molar-refractivity contribution < 1.29 is 14.0 Å². The molecule has 5 rings (SSSR count). The molecule has 1 aliphatic heterocycles. The van der Waals surface area contributed by atoms with E-state index < -0.39 is 0 Å². The number of para-hydroxylation sites is 1. The van der Waals surface area contributed by atoms with Crippen LogP contribution in [-0.2, 0) is 11.2 Å². The van der Waals surface area contributed by atoms with Crippen molar-refractivity contribution in [2.24, 2.45) is 0 Å². The van der Waals surface area contributed by atoms with E-state index >= 15 is 0 Å². The van der Waals surface area contributed by atoms with Crippen LogP contribution in [0.3, 0.4) is 0 Å². The van der Waals surface area contributed by atoms with Gasteiger partial charge in [-0.1, -0.05) is 25.1 Å². The van der Waals surface area contributed by atoms with Crippen LogP contribution in [0.4, 0.5) is 0 Å². The summed E-state index contributed by atoms with van der Waals surface area (Å²) < 4.78 is 5.52. The molecule has 34 heavy (non-hydrogen) atoms. The standard InChI is InChI=1S/C27H30N4O3/c1-2-11-28-24(32)18-30-12-14-31(15-13-30)27(33)25-21-7-3-4-8-23(21)29-26-19(9-10-22(25)26)17-20-6-5-16-34-20/h3-8,16-17H,2,9-15,18H2,1H3,(H,28,32). The summed E-state index contributed by atoms with van der Waals surface area (Å²) in [5.74, 6) is 0.907. The topological polar surface area (TPSA) is 78.7 Å². The Kier molecular flexibility index (Phi) is 6.45. The van der Waals surface area contributed by atoms with Gasteiger partial charge in [-0.25, -0.2) is 4.98 Å². The van der Waals surface area contributed by atoms with Crippen LogP contribution < -0.4 is 5.32 Å². The van der Waals surface area contributed by atoms with Crippen molar-refractivity contribution in [3.05, 3.63) is 65.2 Å². The molecule has 3 aromatic rings. The number of nitrogens with zero attached hydrogens (tertiary/aromatic N) is 3. The Balaban J connectivity index is 1.40. The van der Waals surface area contributed by atoms with E-state index in [1.54, 1.807) is 6.26 Å². The predicted molar refractivity (Wildman–Crippen MR) is 132 cm³/mol. The highest BCUT2D eigenvalue weighted by atomic mass is 16.3. The fourth-order valence-electron chi connectivity index (χ4n) is 4.86. The zero-order chi connectivity index (χ0) is 23.5. The van der Waals surface area contributed by atoms with E-state index in [0.717, 1.165) is 58.3 Å². The summed E-state index contributed by atoms with van der Waals surface area (Å²) in [7, 11) is 0. The van der Waals surface area contributed by atoms with Gasteiger partial charge in [0, 0.05) is 38.1 Å². The summed E-state index contributed by atoms with van der Waals surface area (Å²) in [6, 6.07) is 11.7. The first-order chi connectivity index (χ1) is 16.6. The first kappa shape index (κ1) is 22.3. The van der Waals surface area contributed by atoms with Gasteiger partial charge in [0.25, 0.3) is 5.91 Å². The van der Waals surface area contributed by atoms with E-state index in [1.165, 1.54) is 0 Å². The molecule has 0 atom stereocenters. The van der Waals surface area contributed by atoms with Crippen molar-refractivity contribution in [3.8, 4) is 0 Å². The quantitative estimate of drug-likeness (QED) is 0.611. The zero-order valence-electron chi connectivity index (χ0n) is 19.5. The molecule has 1 N–H and O–H groups in total. The Morgan fingerprint density at radius 3 is 2.68 bits per heavy atom. The fraction of sp³-hybridized carbons (Fsp3) is 0.370. The molecule has 0 spiro atoms. The van der Waals surface area contributed by atoms with Crippen molar-refractivity contribution in [3.63, 3.8) is 0 Å². The summed E-state index contributed by atoms with van der Waals surface area (Å²) in [5, 5.41) is 3.84. The number of hydrogen-bond acceptors (Lipinski definition) is 5. The number of fused-ring (bicyclic) bond motifs is 2. The average Bonchev–Trinajstić information content (AvgIpc) is 3.52. The second-order valence-electron chi connectivity index (χ2n) is 8.93. The van der Waals surface area contributed by atoms with Gasteiger partial charge >= 0.3 is 0 Å². The molecule has 7 heteroatoms. The molecule has 7 nitrogen and oxygen atoms in total. The number of amides is 2. The largest absolute Gasteiger partial charge is 0.465 e.